The molecule has 2 aromatic carbocycles. The van der Waals surface area contributed by atoms with Crippen LogP contribution in [0, 0.1) is 13.8 Å². The molecule has 1 N–H and O–H groups in total. The van der Waals surface area contributed by atoms with Gasteiger partial charge in [-0.25, -0.2) is 9.78 Å². The first-order chi connectivity index (χ1) is 13.9. The second-order valence-electron chi connectivity index (χ2n) is 6.52. The van der Waals surface area contributed by atoms with E-state index >= 15 is 0 Å². The predicted octanol–water partition coefficient (Wildman–Crippen LogP) is 5.24. The molecule has 1 atom stereocenters. The Kier molecular flexibility index (Phi) is 7.06. The smallest absolute Gasteiger partial charge is 0.338 e. The highest BCUT2D eigenvalue weighted by molar-refractivity contribution is 7.98. The molecule has 3 aromatic rings. The van der Waals surface area contributed by atoms with Crippen molar-refractivity contribution in [2.24, 2.45) is 0 Å². The summed E-state index contributed by atoms with van der Waals surface area (Å²) in [6, 6.07) is 14.6. The molecule has 0 bridgehead atoms. The van der Waals surface area contributed by atoms with E-state index in [-0.39, 0.29) is 5.91 Å². The van der Waals surface area contributed by atoms with E-state index in [4.69, 9.17) is 4.74 Å². The van der Waals surface area contributed by atoms with E-state index in [1.807, 2.05) is 50.2 Å². The molecular weight excluding hydrogens is 404 g/mol. The van der Waals surface area contributed by atoms with Crippen molar-refractivity contribution in [2.75, 3.05) is 5.32 Å². The van der Waals surface area contributed by atoms with Crippen LogP contribution >= 0.6 is 23.1 Å². The number of aryl methyl sites for hydroxylation is 2. The number of esters is 1. The molecule has 5 nitrogen and oxygen atoms in total. The molecule has 0 saturated carbocycles. The Morgan fingerprint density at radius 1 is 1.14 bits per heavy atom. The number of amides is 1. The summed E-state index contributed by atoms with van der Waals surface area (Å²) in [6.07, 6.45) is -0.899. The SMILES string of the molecule is Cc1nc(CSc2ccc(C(=O)OC(C)C(=O)Nc3ccccc3C)cc2)cs1. The first-order valence-electron chi connectivity index (χ1n) is 9.13. The average molecular weight is 427 g/mol. The Labute approximate surface area is 178 Å². The zero-order valence-electron chi connectivity index (χ0n) is 16.5. The van der Waals surface area contributed by atoms with Gasteiger partial charge in [-0.15, -0.1) is 23.1 Å². The summed E-state index contributed by atoms with van der Waals surface area (Å²) in [6.45, 7) is 5.45. The molecule has 3 rings (SSSR count). The van der Waals surface area contributed by atoms with Crippen molar-refractivity contribution >= 4 is 40.7 Å². The zero-order valence-corrected chi connectivity index (χ0v) is 18.1. The van der Waals surface area contributed by atoms with Crippen LogP contribution in [0.2, 0.25) is 0 Å². The van der Waals surface area contributed by atoms with Gasteiger partial charge in [-0.3, -0.25) is 4.79 Å². The fourth-order valence-electron chi connectivity index (χ4n) is 2.55. The Morgan fingerprint density at radius 3 is 2.52 bits per heavy atom. The van der Waals surface area contributed by atoms with Gasteiger partial charge in [0.15, 0.2) is 6.10 Å². The van der Waals surface area contributed by atoms with Crippen LogP contribution < -0.4 is 5.32 Å². The molecule has 0 radical (unpaired) electrons. The molecule has 0 fully saturated rings. The highest BCUT2D eigenvalue weighted by Crippen LogP contribution is 2.24. The number of aromatic nitrogens is 1. The summed E-state index contributed by atoms with van der Waals surface area (Å²) in [4.78, 5) is 30.1. The number of thiazole rings is 1. The maximum Gasteiger partial charge on any atom is 0.338 e. The van der Waals surface area contributed by atoms with Crippen molar-refractivity contribution in [3.63, 3.8) is 0 Å². The van der Waals surface area contributed by atoms with Gasteiger partial charge in [0.2, 0.25) is 0 Å². The lowest BCUT2D eigenvalue weighted by molar-refractivity contribution is -0.123. The number of rotatable bonds is 7. The van der Waals surface area contributed by atoms with Gasteiger partial charge in [-0.05, 0) is 56.7 Å². The van der Waals surface area contributed by atoms with Gasteiger partial charge >= 0.3 is 5.97 Å². The Balaban J connectivity index is 1.53. The van der Waals surface area contributed by atoms with Gasteiger partial charge in [0.1, 0.15) is 0 Å². The molecule has 0 aliphatic rings. The third kappa shape index (κ3) is 5.92. The Morgan fingerprint density at radius 2 is 1.86 bits per heavy atom. The topological polar surface area (TPSA) is 68.3 Å². The summed E-state index contributed by atoms with van der Waals surface area (Å²) in [5.74, 6) is -0.105. The number of nitrogens with zero attached hydrogens (tertiary/aromatic N) is 1. The highest BCUT2D eigenvalue weighted by Gasteiger charge is 2.19. The van der Waals surface area contributed by atoms with Crippen LogP contribution in [0.4, 0.5) is 5.69 Å². The maximum atomic E-state index is 12.4. The van der Waals surface area contributed by atoms with Gasteiger partial charge in [0.05, 0.1) is 16.3 Å². The van der Waals surface area contributed by atoms with Crippen LogP contribution in [0.25, 0.3) is 0 Å². The number of hydrogen-bond donors (Lipinski definition) is 1. The van der Waals surface area contributed by atoms with Crippen LogP contribution in [0.3, 0.4) is 0 Å². The number of anilines is 1. The number of hydrogen-bond acceptors (Lipinski definition) is 6. The van der Waals surface area contributed by atoms with Crippen LogP contribution in [0.5, 0.6) is 0 Å². The minimum absolute atomic E-state index is 0.363. The molecule has 0 aliphatic heterocycles. The van der Waals surface area contributed by atoms with E-state index in [1.165, 1.54) is 0 Å². The standard InChI is InChI=1S/C22H22N2O3S2/c1-14-6-4-5-7-20(14)24-21(25)15(2)27-22(26)17-8-10-19(11-9-17)29-13-18-12-28-16(3)23-18/h4-12,15H,13H2,1-3H3,(H,24,25). The van der Waals surface area contributed by atoms with E-state index in [0.717, 1.165) is 26.9 Å². The molecule has 1 unspecified atom stereocenters. The van der Waals surface area contributed by atoms with Crippen LogP contribution in [-0.2, 0) is 15.3 Å². The average Bonchev–Trinajstić information content (AvgIpc) is 3.13. The molecule has 150 valence electrons. The van der Waals surface area contributed by atoms with E-state index < -0.39 is 12.1 Å². The summed E-state index contributed by atoms with van der Waals surface area (Å²) in [5, 5.41) is 5.89. The molecule has 1 aromatic heterocycles. The normalized spacial score (nSPS) is 11.7. The summed E-state index contributed by atoms with van der Waals surface area (Å²) in [5.41, 5.74) is 3.11. The van der Waals surface area contributed by atoms with E-state index in [1.54, 1.807) is 42.2 Å². The lowest BCUT2D eigenvalue weighted by Crippen LogP contribution is -2.30. The summed E-state index contributed by atoms with van der Waals surface area (Å²) < 4.78 is 5.32. The molecule has 29 heavy (non-hydrogen) atoms. The number of benzene rings is 2. The highest BCUT2D eigenvalue weighted by atomic mass is 32.2. The van der Waals surface area contributed by atoms with Crippen LogP contribution in [0.1, 0.15) is 33.5 Å². The van der Waals surface area contributed by atoms with Crippen molar-refractivity contribution in [1.29, 1.82) is 0 Å². The summed E-state index contributed by atoms with van der Waals surface area (Å²) in [7, 11) is 0. The molecular formula is C22H22N2O3S2. The molecule has 0 aliphatic carbocycles. The second kappa shape index (κ2) is 9.71. The van der Waals surface area contributed by atoms with Crippen molar-refractivity contribution in [3.8, 4) is 0 Å². The number of para-hydroxylation sites is 1. The lowest BCUT2D eigenvalue weighted by Gasteiger charge is -2.14. The third-order valence-electron chi connectivity index (χ3n) is 4.20. The number of thioether (sulfide) groups is 1. The van der Waals surface area contributed by atoms with Crippen molar-refractivity contribution in [2.45, 2.75) is 37.5 Å². The molecule has 0 spiro atoms. The van der Waals surface area contributed by atoms with Crippen molar-refractivity contribution < 1.29 is 14.3 Å². The number of carbonyl (C=O) groups is 2. The van der Waals surface area contributed by atoms with Crippen molar-refractivity contribution in [3.05, 3.63) is 75.7 Å². The molecule has 1 amide bonds. The Hall–Kier alpha value is -2.64. The van der Waals surface area contributed by atoms with E-state index in [9.17, 15) is 9.59 Å². The van der Waals surface area contributed by atoms with Gasteiger partial charge < -0.3 is 10.1 Å². The first kappa shape index (κ1) is 21.1. The fourth-order valence-corrected chi connectivity index (χ4v) is 4.06. The minimum Gasteiger partial charge on any atom is -0.449 e. The number of carbonyl (C=O) groups excluding carboxylic acids is 2. The lowest BCUT2D eigenvalue weighted by atomic mass is 10.2. The molecule has 7 heteroatoms. The molecule has 0 saturated heterocycles. The number of nitrogens with one attached hydrogen (secondary N) is 1. The zero-order chi connectivity index (χ0) is 20.8. The molecule has 1 heterocycles. The minimum atomic E-state index is -0.899. The van der Waals surface area contributed by atoms with Gasteiger partial charge in [0.25, 0.3) is 5.91 Å². The van der Waals surface area contributed by atoms with Crippen LogP contribution in [0.15, 0.2) is 58.8 Å². The fraction of sp³-hybridized carbons (Fsp3) is 0.227. The van der Waals surface area contributed by atoms with E-state index in [2.05, 4.69) is 15.7 Å². The van der Waals surface area contributed by atoms with E-state index in [0.29, 0.717) is 11.3 Å². The Bertz CT molecular complexity index is 999. The van der Waals surface area contributed by atoms with Gasteiger partial charge in [-0.1, -0.05) is 18.2 Å². The first-order valence-corrected chi connectivity index (χ1v) is 11.0. The number of ether oxygens (including phenoxy) is 1. The van der Waals surface area contributed by atoms with Crippen molar-refractivity contribution in [1.82, 2.24) is 4.98 Å². The quantitative estimate of drug-likeness (QED) is 0.413. The predicted molar refractivity (Wildman–Crippen MR) is 118 cm³/mol. The summed E-state index contributed by atoms with van der Waals surface area (Å²) >= 11 is 3.29. The van der Waals surface area contributed by atoms with Crippen LogP contribution in [-0.4, -0.2) is 23.0 Å². The second-order valence-corrected chi connectivity index (χ2v) is 8.63. The monoisotopic (exact) mass is 426 g/mol. The van der Waals surface area contributed by atoms with Gasteiger partial charge in [0, 0.05) is 21.7 Å². The largest absolute Gasteiger partial charge is 0.449 e. The third-order valence-corrected chi connectivity index (χ3v) is 6.07. The maximum absolute atomic E-state index is 12.4. The van der Waals surface area contributed by atoms with Gasteiger partial charge in [-0.2, -0.15) is 0 Å².